The molecule has 0 fully saturated rings. The van der Waals surface area contributed by atoms with Crippen LogP contribution in [0.4, 0.5) is 0 Å². The van der Waals surface area contributed by atoms with E-state index in [0.29, 0.717) is 0 Å². The lowest BCUT2D eigenvalue weighted by atomic mass is 11.8. The molecule has 0 aromatic heterocycles. The van der Waals surface area contributed by atoms with Gasteiger partial charge in [0.15, 0.2) is 66.5 Å². The molecule has 0 amide bonds. The lowest BCUT2D eigenvalue weighted by Gasteiger charge is -2.27. The van der Waals surface area contributed by atoms with Crippen LogP contribution in [-0.2, 0) is 12.7 Å². The van der Waals surface area contributed by atoms with Crippen LogP contribution in [-0.4, -0.2) is 106 Å². The van der Waals surface area contributed by atoms with Gasteiger partial charge in [-0.3, -0.25) is 0 Å². The van der Waals surface area contributed by atoms with E-state index in [2.05, 4.69) is 98.2 Å². The monoisotopic (exact) mass is 813 g/mol. The summed E-state index contributed by atoms with van der Waals surface area (Å²) in [7, 11) is -8.12. The molecule has 6 N–H and O–H groups in total. The van der Waals surface area contributed by atoms with Crippen LogP contribution in [0.1, 0.15) is 29.7 Å². The Labute approximate surface area is 303 Å². The molecule has 0 aliphatic carbocycles. The summed E-state index contributed by atoms with van der Waals surface area (Å²) in [6.45, 7) is 50.3. The van der Waals surface area contributed by atoms with Crippen molar-refractivity contribution in [1.82, 2.24) is 0 Å². The molecule has 0 spiro atoms. The molecule has 0 unspecified atom stereocenters. The van der Waals surface area contributed by atoms with Crippen LogP contribution in [0.5, 0.6) is 0 Å². The van der Waals surface area contributed by atoms with Crippen molar-refractivity contribution in [1.29, 1.82) is 0 Å². The highest BCUT2D eigenvalue weighted by molar-refractivity contribution is 6.84. The van der Waals surface area contributed by atoms with Crippen molar-refractivity contribution >= 4 is 66.5 Å². The van der Waals surface area contributed by atoms with Gasteiger partial charge in [0, 0.05) is 14.2 Å². The fourth-order valence-corrected chi connectivity index (χ4v) is 16.5. The normalized spacial score (nSPS) is 11.1. The Morgan fingerprint density at radius 1 is 0.304 bits per heavy atom. The standard InChI is InChI=1S/2C6H18OSi2.C4H12OSi.3C3H10OSi.CH4O.4CH4.H2O/c2*1-8(2,3)7-9(4,5)6;1-5-6(2,3)4;3*1-5(2,3)4;1-2;;;;;/h2*1-6H3;1-4H3;3*4H,1-3H3;2H,1H3;4*1H4;1H2. The second-order valence-electron chi connectivity index (χ2n) is 17.5. The van der Waals surface area contributed by atoms with Crippen LogP contribution in [0, 0.1) is 0 Å². The lowest BCUT2D eigenvalue weighted by Crippen LogP contribution is -2.39. The Kier molecular flexibility index (Phi) is 61.7. The molecule has 0 aliphatic heterocycles. The first-order valence-corrected chi connectivity index (χ1v) is 41.9. The number of rotatable bonds is 5. The molecule has 0 heterocycles. The molecule has 46 heavy (non-hydrogen) atoms. The Morgan fingerprint density at radius 2 is 0.370 bits per heavy atom. The molecule has 0 saturated carbocycles. The number of aliphatic hydroxyl groups is 1. The Bertz CT molecular complexity index is 465. The zero-order chi connectivity index (χ0) is 36.1. The summed E-state index contributed by atoms with van der Waals surface area (Å²) in [5.41, 5.74) is 0. The Morgan fingerprint density at radius 3 is 0.370 bits per heavy atom. The van der Waals surface area contributed by atoms with E-state index in [-0.39, 0.29) is 35.2 Å². The molecule has 0 radical (unpaired) electrons. The molecule has 0 bridgehead atoms. The van der Waals surface area contributed by atoms with E-state index in [0.717, 1.165) is 7.11 Å². The number of aliphatic hydroxyl groups excluding tert-OH is 1. The van der Waals surface area contributed by atoms with Gasteiger partial charge in [-0.1, -0.05) is 29.7 Å². The highest BCUT2D eigenvalue weighted by Gasteiger charge is 2.25. The predicted octanol–water partition coefficient (Wildman–Crippen LogP) is 10.6. The average Bonchev–Trinajstić information content (AvgIpc) is 2.45. The molecule has 8 nitrogen and oxygen atoms in total. The highest BCUT2D eigenvalue weighted by Crippen LogP contribution is 2.13. The van der Waals surface area contributed by atoms with Crippen molar-refractivity contribution in [2.24, 2.45) is 0 Å². The molecule has 0 saturated heterocycles. The first-order valence-electron chi connectivity index (χ1n) is 14.5. The fraction of sp³-hybridized carbons (Fsp3) is 1.00. The van der Waals surface area contributed by atoms with Crippen LogP contribution in [0.15, 0.2) is 0 Å². The van der Waals surface area contributed by atoms with E-state index in [1.165, 1.54) is 0 Å². The third-order valence-electron chi connectivity index (χ3n) is 1.84. The SMILES string of the molecule is C.C.C.C.CO.CO[Si](C)(C)C.C[Si](C)(C)O.C[Si](C)(C)O.C[Si](C)(C)O.C[Si](C)(C)O[Si](C)(C)C.C[Si](C)(C)O[Si](C)(C)C.O. The maximum atomic E-state index is 8.66. The van der Waals surface area contributed by atoms with Crippen LogP contribution in [0.3, 0.4) is 0 Å². The Hall–Kier alpha value is 1.42. The summed E-state index contributed by atoms with van der Waals surface area (Å²) in [5.74, 6) is 0. The zero-order valence-electron chi connectivity index (χ0n) is 33.5. The topological polar surface area (TPSA) is 140 Å². The van der Waals surface area contributed by atoms with Crippen LogP contribution in [0.2, 0.25) is 157 Å². The summed E-state index contributed by atoms with van der Waals surface area (Å²) in [5, 5.41) is 7.00. The summed E-state index contributed by atoms with van der Waals surface area (Å²) in [6, 6.07) is 0. The van der Waals surface area contributed by atoms with E-state index < -0.39 is 66.5 Å². The van der Waals surface area contributed by atoms with E-state index >= 15 is 0 Å². The maximum Gasteiger partial charge on any atom is 0.183 e. The number of hydrogen-bond donors (Lipinski definition) is 4. The molecule has 0 aromatic rings. The van der Waals surface area contributed by atoms with Crippen molar-refractivity contribution in [3.05, 3.63) is 0 Å². The van der Waals surface area contributed by atoms with Gasteiger partial charge in [-0.2, -0.15) is 0 Å². The summed E-state index contributed by atoms with van der Waals surface area (Å²) >= 11 is 0. The summed E-state index contributed by atoms with van der Waals surface area (Å²) < 4.78 is 16.9. The van der Waals surface area contributed by atoms with Crippen molar-refractivity contribution in [3.8, 4) is 0 Å². The van der Waals surface area contributed by atoms with Crippen molar-refractivity contribution in [3.63, 3.8) is 0 Å². The molecule has 0 rings (SSSR count). The second kappa shape index (κ2) is 34.8. The Balaban J connectivity index is -0.0000000297. The van der Waals surface area contributed by atoms with E-state index in [1.54, 1.807) is 7.11 Å². The van der Waals surface area contributed by atoms with Gasteiger partial charge in [-0.05, 0) is 157 Å². The molecule has 0 atom stereocenters. The predicted molar refractivity (Wildman–Crippen MR) is 241 cm³/mol. The van der Waals surface area contributed by atoms with Crippen LogP contribution < -0.4 is 0 Å². The van der Waals surface area contributed by atoms with Gasteiger partial charge < -0.3 is 37.6 Å². The quantitative estimate of drug-likeness (QED) is 0.203. The smallest absolute Gasteiger partial charge is 0.183 e. The van der Waals surface area contributed by atoms with Gasteiger partial charge >= 0.3 is 0 Å². The van der Waals surface area contributed by atoms with E-state index in [9.17, 15) is 0 Å². The first kappa shape index (κ1) is 81.4. The summed E-state index contributed by atoms with van der Waals surface area (Å²) in [6.07, 6.45) is 0. The van der Waals surface area contributed by atoms with Gasteiger partial charge in [0.05, 0.1) is 0 Å². The minimum absolute atomic E-state index is 0. The lowest BCUT2D eigenvalue weighted by molar-refractivity contribution is 0.399. The van der Waals surface area contributed by atoms with E-state index in [1.807, 2.05) is 58.9 Å². The minimum Gasteiger partial charge on any atom is -0.456 e. The highest BCUT2D eigenvalue weighted by atomic mass is 28.4. The van der Waals surface area contributed by atoms with Gasteiger partial charge in [0.25, 0.3) is 0 Å². The first-order chi connectivity index (χ1) is 17.0. The van der Waals surface area contributed by atoms with Crippen molar-refractivity contribution in [2.75, 3.05) is 14.2 Å². The summed E-state index contributed by atoms with van der Waals surface area (Å²) in [4.78, 5) is 26.0. The van der Waals surface area contributed by atoms with Gasteiger partial charge in [-0.15, -0.1) is 0 Å². The minimum atomic E-state index is -1.61. The van der Waals surface area contributed by atoms with Crippen LogP contribution >= 0.6 is 0 Å². The molecule has 16 heteroatoms. The molecule has 0 aliphatic rings. The van der Waals surface area contributed by atoms with Crippen molar-refractivity contribution < 1.29 is 37.6 Å². The largest absolute Gasteiger partial charge is 0.456 e. The second-order valence-corrected chi connectivity index (χ2v) is 53.7. The molecule has 0 aromatic carbocycles. The average molecular weight is 814 g/mol. The van der Waals surface area contributed by atoms with Gasteiger partial charge in [0.1, 0.15) is 0 Å². The number of hydrogen-bond acceptors (Lipinski definition) is 7. The fourth-order valence-electron chi connectivity index (χ4n) is 1.84. The third-order valence-corrected chi connectivity index (χ3v) is 12.9. The third kappa shape index (κ3) is 332. The molecular weight excluding hydrogens is 713 g/mol. The van der Waals surface area contributed by atoms with Gasteiger partial charge in [-0.25, -0.2) is 0 Å². The van der Waals surface area contributed by atoms with E-state index in [4.69, 9.17) is 32.1 Å². The zero-order valence-corrected chi connectivity index (χ0v) is 41.5. The maximum absolute atomic E-state index is 8.66. The van der Waals surface area contributed by atoms with Crippen LogP contribution in [0.25, 0.3) is 0 Å². The van der Waals surface area contributed by atoms with Crippen molar-refractivity contribution in [2.45, 2.75) is 187 Å². The molecule has 300 valence electrons. The molecular formula is C30H100O8Si8. The van der Waals surface area contributed by atoms with Gasteiger partial charge in [0.2, 0.25) is 0 Å².